The Labute approximate surface area is 270 Å². The number of hydroxylamine groups is 1. The molecule has 0 unspecified atom stereocenters. The molecule has 1 saturated heterocycles. The van der Waals surface area contributed by atoms with E-state index in [1.165, 1.54) is 16.3 Å². The number of hydrogen-bond acceptors (Lipinski definition) is 7. The summed E-state index contributed by atoms with van der Waals surface area (Å²) in [6.07, 6.45) is 0.473. The van der Waals surface area contributed by atoms with Crippen LogP contribution in [0.1, 0.15) is 78.9 Å². The molecule has 9 nitrogen and oxygen atoms in total. The molecule has 242 valence electrons. The lowest BCUT2D eigenvalue weighted by atomic mass is 9.98. The smallest absolute Gasteiger partial charge is 0.243 e. The average molecular weight is 626 g/mol. The molecule has 4 aromatic rings. The van der Waals surface area contributed by atoms with E-state index in [9.17, 15) is 14.7 Å². The Bertz CT molecular complexity index is 1590. The summed E-state index contributed by atoms with van der Waals surface area (Å²) >= 11 is 0. The van der Waals surface area contributed by atoms with Gasteiger partial charge in [-0.15, -0.1) is 0 Å². The van der Waals surface area contributed by atoms with Crippen LogP contribution < -0.4 is 10.8 Å². The highest BCUT2D eigenvalue weighted by atomic mass is 16.7. The van der Waals surface area contributed by atoms with Crippen molar-refractivity contribution < 1.29 is 29.4 Å². The molecular weight excluding hydrogens is 582 g/mol. The molecule has 1 aliphatic heterocycles. The Kier molecular flexibility index (Phi) is 11.5. The van der Waals surface area contributed by atoms with Crippen LogP contribution in [0.4, 0.5) is 0 Å². The van der Waals surface area contributed by atoms with E-state index < -0.39 is 12.2 Å². The number of nitrogens with one attached hydrogen (secondary N) is 2. The topological polar surface area (TPSA) is 120 Å². The zero-order chi connectivity index (χ0) is 32.5. The fraction of sp³-hybridized carbons (Fsp3) is 0.351. The molecule has 0 aliphatic carbocycles. The first-order valence-corrected chi connectivity index (χ1v) is 15.8. The van der Waals surface area contributed by atoms with E-state index in [-0.39, 0.29) is 43.6 Å². The van der Waals surface area contributed by atoms with Gasteiger partial charge in [0.05, 0.1) is 18.8 Å². The molecule has 0 aromatic heterocycles. The molecule has 5 rings (SSSR count). The van der Waals surface area contributed by atoms with Crippen molar-refractivity contribution in [1.82, 2.24) is 15.7 Å². The van der Waals surface area contributed by atoms with E-state index >= 15 is 0 Å². The lowest BCUT2D eigenvalue weighted by Crippen LogP contribution is -2.38. The predicted octanol–water partition coefficient (Wildman–Crippen LogP) is 5.86. The lowest BCUT2D eigenvalue weighted by Gasteiger charge is -2.39. The third-order valence-electron chi connectivity index (χ3n) is 8.70. The maximum absolute atomic E-state index is 12.2. The highest BCUT2D eigenvalue weighted by Crippen LogP contribution is 2.38. The van der Waals surface area contributed by atoms with Crippen LogP contribution in [0.2, 0.25) is 0 Å². The number of ether oxygens (including phenoxy) is 2. The number of fused-ring (bicyclic) bond motifs is 1. The number of carbonyl (C=O) groups excluding carboxylic acids is 2. The second-order valence-corrected chi connectivity index (χ2v) is 12.0. The van der Waals surface area contributed by atoms with Crippen LogP contribution >= 0.6 is 0 Å². The number of benzene rings is 4. The maximum atomic E-state index is 12.2. The Morgan fingerprint density at radius 1 is 0.870 bits per heavy atom. The Hall–Kier alpha value is -4.12. The van der Waals surface area contributed by atoms with Gasteiger partial charge in [-0.3, -0.25) is 19.7 Å². The summed E-state index contributed by atoms with van der Waals surface area (Å²) in [4.78, 5) is 25.6. The van der Waals surface area contributed by atoms with E-state index in [4.69, 9.17) is 14.7 Å². The van der Waals surface area contributed by atoms with E-state index in [0.29, 0.717) is 25.9 Å². The monoisotopic (exact) mass is 625 g/mol. The normalized spacial score (nSPS) is 18.8. The minimum Gasteiger partial charge on any atom is -0.392 e. The minimum absolute atomic E-state index is 0.00864. The van der Waals surface area contributed by atoms with Crippen molar-refractivity contribution in [3.05, 3.63) is 119 Å². The maximum Gasteiger partial charge on any atom is 0.243 e. The van der Waals surface area contributed by atoms with Crippen LogP contribution in [0.5, 0.6) is 0 Å². The Morgan fingerprint density at radius 2 is 1.54 bits per heavy atom. The first kappa shape index (κ1) is 33.2. The summed E-state index contributed by atoms with van der Waals surface area (Å²) < 4.78 is 13.1. The van der Waals surface area contributed by atoms with E-state index in [0.717, 1.165) is 22.3 Å². The summed E-state index contributed by atoms with van der Waals surface area (Å²) in [5, 5.41) is 23.4. The number of aliphatic hydroxyl groups is 1. The van der Waals surface area contributed by atoms with Crippen LogP contribution in [0.3, 0.4) is 0 Å². The van der Waals surface area contributed by atoms with Gasteiger partial charge < -0.3 is 19.9 Å². The summed E-state index contributed by atoms with van der Waals surface area (Å²) in [7, 11) is 2.13. The fourth-order valence-corrected chi connectivity index (χ4v) is 5.78. The van der Waals surface area contributed by atoms with Crippen LogP contribution in [-0.2, 0) is 32.2 Å². The van der Waals surface area contributed by atoms with Gasteiger partial charge in [-0.05, 0) is 59.5 Å². The van der Waals surface area contributed by atoms with Gasteiger partial charge in [-0.1, -0.05) is 84.9 Å². The van der Waals surface area contributed by atoms with Crippen LogP contribution in [0.25, 0.3) is 10.8 Å². The quantitative estimate of drug-likeness (QED) is 0.109. The van der Waals surface area contributed by atoms with Gasteiger partial charge in [0.15, 0.2) is 6.29 Å². The van der Waals surface area contributed by atoms with Crippen LogP contribution in [0, 0.1) is 0 Å². The molecule has 2 amide bonds. The standard InChI is InChI=1S/C37H43N3O6/c1-25(31-19-18-28-6-3-4-7-32(28)20-31)40(2)23-33-21-34(29-14-12-27(24-41)13-15-29)46-37(45-33)30-16-10-26(11-17-30)22-38-35(42)8-5-9-36(43)39-44/h3-4,6-7,10-20,25,33-34,37,41,44H,5,8-9,21-24H2,1-2H3,(H,38,42)(H,39,43)/t25-,33+,34-,37-/m1/s1. The molecule has 4 N–H and O–H groups in total. The zero-order valence-electron chi connectivity index (χ0n) is 26.4. The third kappa shape index (κ3) is 8.78. The summed E-state index contributed by atoms with van der Waals surface area (Å²) in [6.45, 7) is 3.28. The number of nitrogens with zero attached hydrogens (tertiary/aromatic N) is 1. The van der Waals surface area contributed by atoms with Gasteiger partial charge in [-0.25, -0.2) is 5.48 Å². The fourth-order valence-electron chi connectivity index (χ4n) is 5.78. The van der Waals surface area contributed by atoms with E-state index in [2.05, 4.69) is 66.7 Å². The van der Waals surface area contributed by atoms with Gasteiger partial charge in [0, 0.05) is 44.0 Å². The van der Waals surface area contributed by atoms with E-state index in [1.807, 2.05) is 48.5 Å². The molecule has 0 saturated carbocycles. The lowest BCUT2D eigenvalue weighted by molar-refractivity contribution is -0.253. The van der Waals surface area contributed by atoms with Gasteiger partial charge >= 0.3 is 0 Å². The second kappa shape index (κ2) is 15.9. The first-order chi connectivity index (χ1) is 22.3. The molecular formula is C37H43N3O6. The average Bonchev–Trinajstić information content (AvgIpc) is 3.10. The van der Waals surface area contributed by atoms with Crippen molar-refractivity contribution >= 4 is 22.6 Å². The third-order valence-corrected chi connectivity index (χ3v) is 8.70. The van der Waals surface area contributed by atoms with Crippen molar-refractivity contribution in [2.75, 3.05) is 13.6 Å². The van der Waals surface area contributed by atoms with Crippen LogP contribution in [-0.4, -0.2) is 46.7 Å². The molecule has 0 spiro atoms. The number of rotatable bonds is 13. The number of likely N-dealkylation sites (N-methyl/N-ethyl adjacent to an activating group) is 1. The van der Waals surface area contributed by atoms with Gasteiger partial charge in [0.2, 0.25) is 11.8 Å². The van der Waals surface area contributed by atoms with Crippen molar-refractivity contribution in [2.45, 2.75) is 70.3 Å². The molecule has 1 heterocycles. The molecule has 1 aliphatic rings. The number of amides is 2. The summed E-state index contributed by atoms with van der Waals surface area (Å²) in [5.41, 5.74) is 6.53. The largest absolute Gasteiger partial charge is 0.392 e. The summed E-state index contributed by atoms with van der Waals surface area (Å²) in [6, 6.07) is 30.9. The number of carbonyl (C=O) groups is 2. The zero-order valence-corrected chi connectivity index (χ0v) is 26.4. The Balaban J connectivity index is 1.25. The molecule has 0 bridgehead atoms. The molecule has 46 heavy (non-hydrogen) atoms. The molecule has 4 atom stereocenters. The van der Waals surface area contributed by atoms with E-state index in [1.54, 1.807) is 5.48 Å². The molecule has 4 aromatic carbocycles. The number of hydrogen-bond donors (Lipinski definition) is 4. The summed E-state index contributed by atoms with van der Waals surface area (Å²) in [5.74, 6) is -0.665. The molecule has 1 fully saturated rings. The molecule has 9 heteroatoms. The highest BCUT2D eigenvalue weighted by Gasteiger charge is 2.33. The van der Waals surface area contributed by atoms with Crippen molar-refractivity contribution in [3.8, 4) is 0 Å². The molecule has 0 radical (unpaired) electrons. The first-order valence-electron chi connectivity index (χ1n) is 15.8. The van der Waals surface area contributed by atoms with Crippen molar-refractivity contribution in [2.24, 2.45) is 0 Å². The van der Waals surface area contributed by atoms with Gasteiger partial charge in [0.25, 0.3) is 0 Å². The van der Waals surface area contributed by atoms with Gasteiger partial charge in [0.1, 0.15) is 0 Å². The van der Waals surface area contributed by atoms with Crippen molar-refractivity contribution in [3.63, 3.8) is 0 Å². The number of aliphatic hydroxyl groups excluding tert-OH is 1. The Morgan fingerprint density at radius 3 is 2.26 bits per heavy atom. The predicted molar refractivity (Wildman–Crippen MR) is 175 cm³/mol. The minimum atomic E-state index is -0.577. The van der Waals surface area contributed by atoms with Crippen molar-refractivity contribution in [1.29, 1.82) is 0 Å². The highest BCUT2D eigenvalue weighted by molar-refractivity contribution is 5.83. The van der Waals surface area contributed by atoms with Crippen LogP contribution in [0.15, 0.2) is 91.0 Å². The van der Waals surface area contributed by atoms with Gasteiger partial charge in [-0.2, -0.15) is 0 Å². The SMILES string of the molecule is C[C@H](c1ccc2ccccc2c1)N(C)C[C@@H]1C[C@H](c2ccc(CO)cc2)O[C@H](c2ccc(CNC(=O)CCCC(=O)NO)cc2)O1. The second-order valence-electron chi connectivity index (χ2n) is 12.0.